The van der Waals surface area contributed by atoms with Crippen LogP contribution in [0.3, 0.4) is 0 Å². The molecule has 1 aromatic heterocycles. The van der Waals surface area contributed by atoms with Crippen LogP contribution in [0.2, 0.25) is 0 Å². The van der Waals surface area contributed by atoms with E-state index in [9.17, 15) is 18.0 Å². The van der Waals surface area contributed by atoms with Crippen molar-refractivity contribution >= 4 is 29.1 Å². The van der Waals surface area contributed by atoms with E-state index in [-0.39, 0.29) is 6.61 Å². The lowest BCUT2D eigenvalue weighted by atomic mass is 10.1. The van der Waals surface area contributed by atoms with Crippen molar-refractivity contribution in [3.05, 3.63) is 69.8 Å². The van der Waals surface area contributed by atoms with Crippen molar-refractivity contribution in [2.75, 3.05) is 18.1 Å². The van der Waals surface area contributed by atoms with Crippen molar-refractivity contribution in [3.63, 3.8) is 0 Å². The lowest BCUT2D eigenvalue weighted by molar-refractivity contribution is -0.141. The number of hydrogen-bond donors (Lipinski definition) is 1. The minimum Gasteiger partial charge on any atom is -0.487 e. The van der Waals surface area contributed by atoms with Gasteiger partial charge in [0.25, 0.3) is 0 Å². The molecule has 196 valence electrons. The standard InChI is InChI=1S/C26H31F3O3S2.C2H2/c1-5-22(32-14-24(30)31)8-6-7-17(2)15-33-16-19(4)25-18(3)13-23(34-25)20-9-11-21(12-10-20)26(27,28)29;1-2/h7-13,19H,5-6,14-16H2,1-4H3,(H,30,31);1-2H/b17-7+,22-8+;. The van der Waals surface area contributed by atoms with E-state index in [1.165, 1.54) is 28.1 Å². The van der Waals surface area contributed by atoms with Gasteiger partial charge in [0.2, 0.25) is 0 Å². The number of benzene rings is 1. The zero-order chi connectivity index (χ0) is 27.3. The molecule has 0 radical (unpaired) electrons. The summed E-state index contributed by atoms with van der Waals surface area (Å²) in [7, 11) is 0. The summed E-state index contributed by atoms with van der Waals surface area (Å²) in [6.07, 6.45) is 9.07. The van der Waals surface area contributed by atoms with E-state index in [4.69, 9.17) is 9.84 Å². The molecule has 0 aliphatic heterocycles. The van der Waals surface area contributed by atoms with Crippen molar-refractivity contribution in [2.24, 2.45) is 0 Å². The highest BCUT2D eigenvalue weighted by atomic mass is 32.2. The van der Waals surface area contributed by atoms with Gasteiger partial charge in [-0.25, -0.2) is 4.79 Å². The van der Waals surface area contributed by atoms with Crippen molar-refractivity contribution in [3.8, 4) is 23.3 Å². The first-order valence-electron chi connectivity index (χ1n) is 11.4. The van der Waals surface area contributed by atoms with Crippen molar-refractivity contribution < 1.29 is 27.8 Å². The molecule has 1 aromatic carbocycles. The van der Waals surface area contributed by atoms with Gasteiger partial charge in [0, 0.05) is 27.7 Å². The maximum absolute atomic E-state index is 12.8. The monoisotopic (exact) mass is 538 g/mol. The largest absolute Gasteiger partial charge is 0.487 e. The van der Waals surface area contributed by atoms with Crippen LogP contribution in [0, 0.1) is 19.8 Å². The maximum Gasteiger partial charge on any atom is 0.416 e. The quantitative estimate of drug-likeness (QED) is 0.167. The molecule has 36 heavy (non-hydrogen) atoms. The Morgan fingerprint density at radius 2 is 1.86 bits per heavy atom. The average Bonchev–Trinajstić information content (AvgIpc) is 3.23. The number of ether oxygens (including phenoxy) is 1. The van der Waals surface area contributed by atoms with Gasteiger partial charge in [-0.05, 0) is 61.6 Å². The number of terminal acetylenes is 1. The predicted octanol–water partition coefficient (Wildman–Crippen LogP) is 8.56. The number of thiophene rings is 1. The van der Waals surface area contributed by atoms with Crippen LogP contribution >= 0.6 is 23.1 Å². The average molecular weight is 539 g/mol. The number of aryl methyl sites for hydroxylation is 1. The highest BCUT2D eigenvalue weighted by Gasteiger charge is 2.30. The number of carboxylic acids is 1. The Labute approximate surface area is 220 Å². The van der Waals surface area contributed by atoms with E-state index in [0.717, 1.165) is 34.1 Å². The minimum absolute atomic E-state index is 0.321. The van der Waals surface area contributed by atoms with Crippen molar-refractivity contribution in [1.82, 2.24) is 0 Å². The van der Waals surface area contributed by atoms with Crippen LogP contribution in [-0.4, -0.2) is 29.2 Å². The number of thioether (sulfide) groups is 1. The number of hydrogen-bond acceptors (Lipinski definition) is 4. The molecule has 0 saturated heterocycles. The maximum atomic E-state index is 12.8. The fourth-order valence-electron chi connectivity index (χ4n) is 3.33. The SMILES string of the molecule is C#C.CC/C(=C\C/C=C(\C)CSCC(C)c1sc(-c2ccc(C(F)(F)F)cc2)cc1C)OCC(=O)O. The van der Waals surface area contributed by atoms with E-state index in [0.29, 0.717) is 24.5 Å². The number of carboxylic acid groups (broad SMARTS) is 1. The molecule has 2 rings (SSSR count). The smallest absolute Gasteiger partial charge is 0.416 e. The normalized spacial score (nSPS) is 13.0. The van der Waals surface area contributed by atoms with Gasteiger partial charge in [0.1, 0.15) is 0 Å². The highest BCUT2D eigenvalue weighted by Crippen LogP contribution is 2.38. The molecular formula is C28H33F3O3S2. The van der Waals surface area contributed by atoms with E-state index in [1.807, 2.05) is 24.8 Å². The number of allylic oxidation sites excluding steroid dienone is 3. The Bertz CT molecular complexity index is 1050. The molecule has 1 heterocycles. The summed E-state index contributed by atoms with van der Waals surface area (Å²) in [6, 6.07) is 7.40. The van der Waals surface area contributed by atoms with Crippen molar-refractivity contribution in [1.29, 1.82) is 0 Å². The summed E-state index contributed by atoms with van der Waals surface area (Å²) in [5.74, 6) is 1.87. The molecule has 0 aliphatic rings. The molecule has 3 nitrogen and oxygen atoms in total. The molecule has 1 N–H and O–H groups in total. The molecule has 0 aliphatic carbocycles. The first-order valence-corrected chi connectivity index (χ1v) is 13.4. The van der Waals surface area contributed by atoms with Crippen LogP contribution in [0.4, 0.5) is 13.2 Å². The Balaban J connectivity index is 0.00000316. The number of halogens is 3. The second-order valence-electron chi connectivity index (χ2n) is 8.14. The Kier molecular flexibility index (Phi) is 13.5. The first-order chi connectivity index (χ1) is 17.0. The Morgan fingerprint density at radius 3 is 2.42 bits per heavy atom. The van der Waals surface area contributed by atoms with Crippen LogP contribution in [-0.2, 0) is 15.7 Å². The lowest BCUT2D eigenvalue weighted by Gasteiger charge is -2.11. The van der Waals surface area contributed by atoms with E-state index >= 15 is 0 Å². The van der Waals surface area contributed by atoms with Crippen LogP contribution < -0.4 is 0 Å². The van der Waals surface area contributed by atoms with E-state index in [2.05, 4.69) is 45.8 Å². The zero-order valence-corrected chi connectivity index (χ0v) is 22.7. The van der Waals surface area contributed by atoms with Crippen LogP contribution in [0.5, 0.6) is 0 Å². The molecule has 0 fully saturated rings. The third-order valence-electron chi connectivity index (χ3n) is 5.14. The molecule has 0 bridgehead atoms. The number of aliphatic carboxylic acids is 1. The van der Waals surface area contributed by atoms with Gasteiger partial charge in [-0.15, -0.1) is 24.2 Å². The number of carbonyl (C=O) groups is 1. The van der Waals surface area contributed by atoms with Gasteiger partial charge in [0.15, 0.2) is 6.61 Å². The predicted molar refractivity (Wildman–Crippen MR) is 145 cm³/mol. The molecule has 1 atom stereocenters. The van der Waals surface area contributed by atoms with Crippen molar-refractivity contribution in [2.45, 2.75) is 52.6 Å². The summed E-state index contributed by atoms with van der Waals surface area (Å²) in [4.78, 5) is 12.9. The van der Waals surface area contributed by atoms with E-state index in [1.54, 1.807) is 11.3 Å². The second-order valence-corrected chi connectivity index (χ2v) is 10.3. The highest BCUT2D eigenvalue weighted by molar-refractivity contribution is 7.99. The number of alkyl halides is 3. The summed E-state index contributed by atoms with van der Waals surface area (Å²) in [5.41, 5.74) is 2.58. The number of rotatable bonds is 12. The van der Waals surface area contributed by atoms with Crippen LogP contribution in [0.1, 0.15) is 55.5 Å². The molecule has 0 saturated carbocycles. The molecule has 0 amide bonds. The third-order valence-corrected chi connectivity index (χ3v) is 8.05. The van der Waals surface area contributed by atoms with Gasteiger partial charge < -0.3 is 9.84 Å². The molecule has 0 spiro atoms. The minimum atomic E-state index is -4.32. The summed E-state index contributed by atoms with van der Waals surface area (Å²) in [6.45, 7) is 7.91. The lowest BCUT2D eigenvalue weighted by Crippen LogP contribution is -2.06. The Morgan fingerprint density at radius 1 is 1.22 bits per heavy atom. The summed E-state index contributed by atoms with van der Waals surface area (Å²) >= 11 is 3.49. The van der Waals surface area contributed by atoms with Gasteiger partial charge in [-0.1, -0.05) is 37.6 Å². The third kappa shape index (κ3) is 10.5. The molecule has 1 unspecified atom stereocenters. The fraction of sp³-hybridized carbons (Fsp3) is 0.393. The molecule has 8 heteroatoms. The molecular weight excluding hydrogens is 505 g/mol. The topological polar surface area (TPSA) is 46.5 Å². The van der Waals surface area contributed by atoms with Crippen LogP contribution in [0.25, 0.3) is 10.4 Å². The van der Waals surface area contributed by atoms with Gasteiger partial charge in [-0.3, -0.25) is 0 Å². The zero-order valence-electron chi connectivity index (χ0n) is 21.0. The van der Waals surface area contributed by atoms with Gasteiger partial charge in [0.05, 0.1) is 11.3 Å². The summed E-state index contributed by atoms with van der Waals surface area (Å²) < 4.78 is 43.7. The van der Waals surface area contributed by atoms with Gasteiger partial charge in [-0.2, -0.15) is 24.9 Å². The first kappa shape index (κ1) is 31.4. The fourth-order valence-corrected chi connectivity index (χ4v) is 5.75. The van der Waals surface area contributed by atoms with E-state index < -0.39 is 17.7 Å². The second kappa shape index (κ2) is 15.5. The van der Waals surface area contributed by atoms with Crippen LogP contribution in [0.15, 0.2) is 53.8 Å². The Hall–Kier alpha value is -2.63. The summed E-state index contributed by atoms with van der Waals surface area (Å²) in [5, 5.41) is 8.71. The van der Waals surface area contributed by atoms with Gasteiger partial charge >= 0.3 is 12.1 Å². The molecule has 2 aromatic rings.